The molecule has 1 aliphatic rings. The van der Waals surface area contributed by atoms with E-state index in [0.717, 1.165) is 11.5 Å². The van der Waals surface area contributed by atoms with Gasteiger partial charge in [0.1, 0.15) is 5.82 Å². The monoisotopic (exact) mass is 299 g/mol. The van der Waals surface area contributed by atoms with Gasteiger partial charge in [0.2, 0.25) is 5.91 Å². The Balaban J connectivity index is 1.62. The number of nitrogens with zero attached hydrogens (tertiary/aromatic N) is 2. The van der Waals surface area contributed by atoms with Crippen LogP contribution < -0.4 is 5.32 Å². The number of anilines is 1. The molecule has 1 atom stereocenters. The Morgan fingerprint density at radius 2 is 2.14 bits per heavy atom. The Morgan fingerprint density at radius 3 is 2.68 bits per heavy atom. The van der Waals surface area contributed by atoms with Crippen LogP contribution in [-0.4, -0.2) is 28.7 Å². The van der Waals surface area contributed by atoms with Gasteiger partial charge < -0.3 is 14.6 Å². The maximum Gasteiger partial charge on any atom is 0.224 e. The third-order valence-corrected chi connectivity index (χ3v) is 4.14. The number of hydrogen-bond acceptors (Lipinski definition) is 3. The van der Waals surface area contributed by atoms with Crippen molar-refractivity contribution in [2.24, 2.45) is 5.92 Å². The van der Waals surface area contributed by atoms with Crippen molar-refractivity contribution in [3.63, 3.8) is 0 Å². The number of benzene rings is 1. The van der Waals surface area contributed by atoms with Gasteiger partial charge >= 0.3 is 0 Å². The Bertz CT molecular complexity index is 644. The zero-order valence-electron chi connectivity index (χ0n) is 13.0. The molecule has 2 heterocycles. The molecule has 0 aliphatic carbocycles. The van der Waals surface area contributed by atoms with E-state index >= 15 is 0 Å². The van der Waals surface area contributed by atoms with Crippen molar-refractivity contribution >= 4 is 11.6 Å². The second-order valence-corrected chi connectivity index (χ2v) is 5.84. The summed E-state index contributed by atoms with van der Waals surface area (Å²) >= 11 is 0. The van der Waals surface area contributed by atoms with Crippen molar-refractivity contribution < 1.29 is 9.53 Å². The van der Waals surface area contributed by atoms with E-state index in [4.69, 9.17) is 4.74 Å². The lowest BCUT2D eigenvalue weighted by Gasteiger charge is -2.25. The molecule has 1 N–H and O–H groups in total. The summed E-state index contributed by atoms with van der Waals surface area (Å²) in [5, 5.41) is 2.94. The van der Waals surface area contributed by atoms with E-state index in [1.807, 2.05) is 43.6 Å². The fourth-order valence-corrected chi connectivity index (χ4v) is 2.68. The van der Waals surface area contributed by atoms with E-state index in [1.54, 1.807) is 0 Å². The SMILES string of the molecule is Cc1nccn1[C@@H](C)c1ccc(NC(=O)CC2COC2)cc1. The molecule has 0 saturated carbocycles. The lowest BCUT2D eigenvalue weighted by molar-refractivity contribution is -0.121. The summed E-state index contributed by atoms with van der Waals surface area (Å²) < 4.78 is 7.21. The average molecular weight is 299 g/mol. The number of nitrogens with one attached hydrogen (secondary N) is 1. The smallest absolute Gasteiger partial charge is 0.224 e. The van der Waals surface area contributed by atoms with Crippen LogP contribution in [0.2, 0.25) is 0 Å². The number of aromatic nitrogens is 2. The van der Waals surface area contributed by atoms with Crippen LogP contribution in [0.1, 0.15) is 30.8 Å². The molecule has 3 rings (SSSR count). The molecule has 1 saturated heterocycles. The fourth-order valence-electron chi connectivity index (χ4n) is 2.68. The van der Waals surface area contributed by atoms with Gasteiger partial charge in [-0.15, -0.1) is 0 Å². The molecule has 1 fully saturated rings. The lowest BCUT2D eigenvalue weighted by atomic mass is 10.0. The molecule has 2 aromatic rings. The highest BCUT2D eigenvalue weighted by atomic mass is 16.5. The zero-order chi connectivity index (χ0) is 15.5. The number of hydrogen-bond donors (Lipinski definition) is 1. The molecule has 1 aliphatic heterocycles. The molecule has 22 heavy (non-hydrogen) atoms. The van der Waals surface area contributed by atoms with Gasteiger partial charge in [-0.25, -0.2) is 4.98 Å². The molecule has 1 amide bonds. The van der Waals surface area contributed by atoms with Crippen LogP contribution in [-0.2, 0) is 9.53 Å². The first-order chi connectivity index (χ1) is 10.6. The van der Waals surface area contributed by atoms with E-state index in [0.29, 0.717) is 25.6 Å². The standard InChI is InChI=1S/C17H21N3O2/c1-12(20-8-7-18-13(20)2)15-3-5-16(6-4-15)19-17(21)9-14-10-22-11-14/h3-8,12,14H,9-11H2,1-2H3,(H,19,21)/t12-/m0/s1. The van der Waals surface area contributed by atoms with Crippen molar-refractivity contribution in [2.75, 3.05) is 18.5 Å². The van der Waals surface area contributed by atoms with Crippen molar-refractivity contribution in [1.29, 1.82) is 0 Å². The molecule has 5 nitrogen and oxygen atoms in total. The third kappa shape index (κ3) is 3.20. The predicted octanol–water partition coefficient (Wildman–Crippen LogP) is 2.78. The average Bonchev–Trinajstić information content (AvgIpc) is 2.89. The second-order valence-electron chi connectivity index (χ2n) is 5.84. The van der Waals surface area contributed by atoms with Crippen LogP contribution in [0.5, 0.6) is 0 Å². The second kappa shape index (κ2) is 6.32. The molecule has 0 unspecified atom stereocenters. The van der Waals surface area contributed by atoms with Crippen LogP contribution in [0.3, 0.4) is 0 Å². The first-order valence-electron chi connectivity index (χ1n) is 7.60. The number of aryl methyl sites for hydroxylation is 1. The molecular formula is C17H21N3O2. The van der Waals surface area contributed by atoms with Gasteiger partial charge in [0.25, 0.3) is 0 Å². The van der Waals surface area contributed by atoms with Crippen molar-refractivity contribution in [3.05, 3.63) is 48.0 Å². The molecular weight excluding hydrogens is 278 g/mol. The molecule has 0 bridgehead atoms. The van der Waals surface area contributed by atoms with Crippen molar-refractivity contribution in [2.45, 2.75) is 26.3 Å². The summed E-state index contributed by atoms with van der Waals surface area (Å²) in [5.74, 6) is 1.43. The topological polar surface area (TPSA) is 56.2 Å². The summed E-state index contributed by atoms with van der Waals surface area (Å²) in [6.45, 7) is 5.54. The lowest BCUT2D eigenvalue weighted by Crippen LogP contribution is -2.31. The van der Waals surface area contributed by atoms with Gasteiger partial charge in [-0.3, -0.25) is 4.79 Å². The first-order valence-corrected chi connectivity index (χ1v) is 7.60. The summed E-state index contributed by atoms with van der Waals surface area (Å²) in [5.41, 5.74) is 2.02. The van der Waals surface area contributed by atoms with Crippen LogP contribution in [0.15, 0.2) is 36.7 Å². The molecule has 0 spiro atoms. The maximum atomic E-state index is 11.9. The Morgan fingerprint density at radius 1 is 1.41 bits per heavy atom. The Kier molecular flexibility index (Phi) is 4.24. The summed E-state index contributed by atoms with van der Waals surface area (Å²) in [6, 6.07) is 8.22. The van der Waals surface area contributed by atoms with Gasteiger partial charge in [-0.2, -0.15) is 0 Å². The zero-order valence-corrected chi connectivity index (χ0v) is 13.0. The summed E-state index contributed by atoms with van der Waals surface area (Å²) in [6.07, 6.45) is 4.33. The Hall–Kier alpha value is -2.14. The number of amides is 1. The summed E-state index contributed by atoms with van der Waals surface area (Å²) in [4.78, 5) is 16.1. The highest BCUT2D eigenvalue weighted by Gasteiger charge is 2.21. The molecule has 1 aromatic carbocycles. The van der Waals surface area contributed by atoms with Crippen molar-refractivity contribution in [1.82, 2.24) is 9.55 Å². The number of ether oxygens (including phenoxy) is 1. The van der Waals surface area contributed by atoms with E-state index in [2.05, 4.69) is 21.8 Å². The van der Waals surface area contributed by atoms with Crippen LogP contribution >= 0.6 is 0 Å². The highest BCUT2D eigenvalue weighted by Crippen LogP contribution is 2.22. The van der Waals surface area contributed by atoms with Gasteiger partial charge in [-0.05, 0) is 31.5 Å². The minimum atomic E-state index is 0.0551. The quantitative estimate of drug-likeness (QED) is 0.923. The third-order valence-electron chi connectivity index (χ3n) is 4.14. The van der Waals surface area contributed by atoms with Crippen molar-refractivity contribution in [3.8, 4) is 0 Å². The molecule has 0 radical (unpaired) electrons. The largest absolute Gasteiger partial charge is 0.381 e. The van der Waals surface area contributed by atoms with Crippen LogP contribution in [0.25, 0.3) is 0 Å². The van der Waals surface area contributed by atoms with Gasteiger partial charge in [0, 0.05) is 30.4 Å². The first kappa shape index (κ1) is 14.8. The number of rotatable bonds is 5. The van der Waals surface area contributed by atoms with Crippen LogP contribution in [0.4, 0.5) is 5.69 Å². The van der Waals surface area contributed by atoms with E-state index in [9.17, 15) is 4.79 Å². The van der Waals surface area contributed by atoms with E-state index < -0.39 is 0 Å². The van der Waals surface area contributed by atoms with Gasteiger partial charge in [0.05, 0.1) is 19.3 Å². The Labute approximate surface area is 130 Å². The number of carbonyl (C=O) groups is 1. The molecule has 116 valence electrons. The molecule has 5 heteroatoms. The maximum absolute atomic E-state index is 11.9. The highest BCUT2D eigenvalue weighted by molar-refractivity contribution is 5.90. The van der Waals surface area contributed by atoms with Gasteiger partial charge in [0.15, 0.2) is 0 Å². The van der Waals surface area contributed by atoms with Crippen LogP contribution in [0, 0.1) is 12.8 Å². The van der Waals surface area contributed by atoms with Gasteiger partial charge in [-0.1, -0.05) is 12.1 Å². The number of carbonyl (C=O) groups excluding carboxylic acids is 1. The minimum Gasteiger partial charge on any atom is -0.381 e. The molecule has 1 aromatic heterocycles. The predicted molar refractivity (Wildman–Crippen MR) is 84.8 cm³/mol. The fraction of sp³-hybridized carbons (Fsp3) is 0.412. The summed E-state index contributed by atoms with van der Waals surface area (Å²) in [7, 11) is 0. The van der Waals surface area contributed by atoms with E-state index in [1.165, 1.54) is 5.56 Å². The minimum absolute atomic E-state index is 0.0551. The van der Waals surface area contributed by atoms with E-state index in [-0.39, 0.29) is 11.9 Å². The number of imidazole rings is 1. The normalized spacial score (nSPS) is 16.1.